The summed E-state index contributed by atoms with van der Waals surface area (Å²) in [6.45, 7) is 5.44. The highest BCUT2D eigenvalue weighted by atomic mass is 16.1. The molecule has 20 heavy (non-hydrogen) atoms. The van der Waals surface area contributed by atoms with Crippen molar-refractivity contribution >= 4 is 5.91 Å². The van der Waals surface area contributed by atoms with Crippen LogP contribution in [-0.4, -0.2) is 30.2 Å². The van der Waals surface area contributed by atoms with E-state index in [-0.39, 0.29) is 11.9 Å². The Morgan fingerprint density at radius 1 is 1.45 bits per heavy atom. The number of rotatable bonds is 7. The minimum atomic E-state index is -0.140. The average molecular weight is 276 g/mol. The molecule has 7 heteroatoms. The van der Waals surface area contributed by atoms with Crippen LogP contribution < -0.4 is 5.32 Å². The van der Waals surface area contributed by atoms with Gasteiger partial charge in [0.2, 0.25) is 5.91 Å². The Balaban J connectivity index is 1.85. The minimum absolute atomic E-state index is 0.00255. The number of aryl methyl sites for hydroxylation is 2. The summed E-state index contributed by atoms with van der Waals surface area (Å²) >= 11 is 0. The quantitative estimate of drug-likeness (QED) is 0.823. The summed E-state index contributed by atoms with van der Waals surface area (Å²) < 4.78 is 3.71. The first kappa shape index (κ1) is 14.2. The number of carbonyl (C=O) groups is 1. The number of carbonyl (C=O) groups excluding carboxylic acids is 1. The molecule has 1 unspecified atom stereocenters. The van der Waals surface area contributed by atoms with E-state index in [9.17, 15) is 4.79 Å². The zero-order valence-electron chi connectivity index (χ0n) is 11.9. The molecule has 0 fully saturated rings. The van der Waals surface area contributed by atoms with E-state index in [2.05, 4.69) is 27.3 Å². The van der Waals surface area contributed by atoms with Gasteiger partial charge in [-0.2, -0.15) is 5.10 Å². The third-order valence-corrected chi connectivity index (χ3v) is 3.00. The molecule has 2 rings (SSSR count). The lowest BCUT2D eigenvalue weighted by molar-refractivity contribution is -0.122. The molecular weight excluding hydrogens is 256 g/mol. The topological polar surface area (TPSA) is 77.6 Å². The Morgan fingerprint density at radius 3 is 3.00 bits per heavy atom. The lowest BCUT2D eigenvalue weighted by Gasteiger charge is -2.14. The monoisotopic (exact) mass is 276 g/mol. The lowest BCUT2D eigenvalue weighted by atomic mass is 10.3. The van der Waals surface area contributed by atoms with Crippen LogP contribution in [0.1, 0.15) is 38.6 Å². The molecule has 1 N–H and O–H groups in total. The van der Waals surface area contributed by atoms with Crippen LogP contribution in [-0.2, 0) is 17.9 Å². The fourth-order valence-electron chi connectivity index (χ4n) is 2.02. The highest BCUT2D eigenvalue weighted by Crippen LogP contribution is 2.09. The molecule has 0 saturated carbocycles. The highest BCUT2D eigenvalue weighted by Gasteiger charge is 2.15. The maximum atomic E-state index is 11.9. The molecule has 108 valence electrons. The summed E-state index contributed by atoms with van der Waals surface area (Å²) in [5.74, 6) is 0.792. The second-order valence-corrected chi connectivity index (χ2v) is 4.68. The summed E-state index contributed by atoms with van der Waals surface area (Å²) in [4.78, 5) is 20.1. The first-order chi connectivity index (χ1) is 9.70. The normalized spacial score (nSPS) is 12.3. The molecule has 0 saturated heterocycles. The van der Waals surface area contributed by atoms with Gasteiger partial charge in [-0.3, -0.25) is 4.79 Å². The van der Waals surface area contributed by atoms with Crippen LogP contribution in [0.3, 0.4) is 0 Å². The first-order valence-corrected chi connectivity index (χ1v) is 6.83. The van der Waals surface area contributed by atoms with Gasteiger partial charge in [-0.1, -0.05) is 6.92 Å². The van der Waals surface area contributed by atoms with Gasteiger partial charge in [-0.15, -0.1) is 0 Å². The van der Waals surface area contributed by atoms with E-state index in [1.807, 2.05) is 22.4 Å². The van der Waals surface area contributed by atoms with E-state index in [4.69, 9.17) is 0 Å². The van der Waals surface area contributed by atoms with Gasteiger partial charge in [-0.25, -0.2) is 14.6 Å². The Kier molecular flexibility index (Phi) is 4.86. The second-order valence-electron chi connectivity index (χ2n) is 4.68. The van der Waals surface area contributed by atoms with E-state index < -0.39 is 0 Å². The van der Waals surface area contributed by atoms with Crippen LogP contribution in [0.25, 0.3) is 0 Å². The maximum Gasteiger partial charge on any atom is 0.222 e. The van der Waals surface area contributed by atoms with Gasteiger partial charge in [0, 0.05) is 31.9 Å². The maximum absolute atomic E-state index is 11.9. The van der Waals surface area contributed by atoms with Crippen molar-refractivity contribution in [2.75, 3.05) is 0 Å². The molecule has 0 spiro atoms. The fourth-order valence-corrected chi connectivity index (χ4v) is 2.02. The van der Waals surface area contributed by atoms with Gasteiger partial charge in [-0.05, 0) is 13.3 Å². The van der Waals surface area contributed by atoms with Crippen molar-refractivity contribution in [1.82, 2.24) is 29.6 Å². The molecule has 0 aliphatic rings. The number of amides is 1. The Labute approximate surface area is 118 Å². The van der Waals surface area contributed by atoms with Crippen molar-refractivity contribution in [1.29, 1.82) is 0 Å². The van der Waals surface area contributed by atoms with Gasteiger partial charge in [0.15, 0.2) is 0 Å². The first-order valence-electron chi connectivity index (χ1n) is 6.83. The molecule has 2 heterocycles. The molecule has 0 aliphatic carbocycles. The molecule has 1 atom stereocenters. The van der Waals surface area contributed by atoms with Gasteiger partial charge in [0.05, 0.1) is 12.4 Å². The van der Waals surface area contributed by atoms with E-state index in [0.717, 1.165) is 18.8 Å². The molecule has 2 aromatic heterocycles. The standard InChI is InChI=1S/C13H20N6O/c1-3-6-19-13(15-9-16-19)11(2)17-12(20)4-7-18-8-5-14-10-18/h5,8-11H,3-4,6-7H2,1-2H3,(H,17,20). The molecule has 2 aromatic rings. The van der Waals surface area contributed by atoms with Crippen molar-refractivity contribution in [3.8, 4) is 0 Å². The predicted octanol–water partition coefficient (Wildman–Crippen LogP) is 1.15. The summed E-state index contributed by atoms with van der Waals surface area (Å²) in [7, 11) is 0. The fraction of sp³-hybridized carbons (Fsp3) is 0.538. The lowest BCUT2D eigenvalue weighted by Crippen LogP contribution is -2.29. The van der Waals surface area contributed by atoms with Crippen LogP contribution in [0.5, 0.6) is 0 Å². The summed E-state index contributed by atoms with van der Waals surface area (Å²) in [5.41, 5.74) is 0. The number of hydrogen-bond donors (Lipinski definition) is 1. The minimum Gasteiger partial charge on any atom is -0.346 e. The Hall–Kier alpha value is -2.18. The number of hydrogen-bond acceptors (Lipinski definition) is 4. The average Bonchev–Trinajstić information content (AvgIpc) is 3.07. The van der Waals surface area contributed by atoms with Gasteiger partial charge < -0.3 is 9.88 Å². The molecule has 0 bridgehead atoms. The van der Waals surface area contributed by atoms with Crippen LogP contribution in [0.2, 0.25) is 0 Å². The zero-order chi connectivity index (χ0) is 14.4. The third kappa shape index (κ3) is 3.66. The molecule has 0 radical (unpaired) electrons. The Bertz CT molecular complexity index is 533. The van der Waals surface area contributed by atoms with E-state index in [1.165, 1.54) is 6.33 Å². The predicted molar refractivity (Wildman–Crippen MR) is 73.7 cm³/mol. The van der Waals surface area contributed by atoms with Crippen molar-refractivity contribution in [2.45, 2.75) is 45.8 Å². The molecule has 1 amide bonds. The van der Waals surface area contributed by atoms with Crippen molar-refractivity contribution in [3.05, 3.63) is 30.9 Å². The van der Waals surface area contributed by atoms with E-state index in [0.29, 0.717) is 13.0 Å². The van der Waals surface area contributed by atoms with Crippen molar-refractivity contribution < 1.29 is 4.79 Å². The third-order valence-electron chi connectivity index (χ3n) is 3.00. The molecule has 7 nitrogen and oxygen atoms in total. The molecule has 0 aromatic carbocycles. The highest BCUT2D eigenvalue weighted by molar-refractivity contribution is 5.76. The number of aromatic nitrogens is 5. The van der Waals surface area contributed by atoms with Crippen LogP contribution in [0.15, 0.2) is 25.0 Å². The number of nitrogens with zero attached hydrogens (tertiary/aromatic N) is 5. The van der Waals surface area contributed by atoms with Crippen molar-refractivity contribution in [2.24, 2.45) is 0 Å². The van der Waals surface area contributed by atoms with Crippen LogP contribution in [0, 0.1) is 0 Å². The van der Waals surface area contributed by atoms with Crippen molar-refractivity contribution in [3.63, 3.8) is 0 Å². The SMILES string of the molecule is CCCn1ncnc1C(C)NC(=O)CCn1ccnc1. The summed E-state index contributed by atoms with van der Waals surface area (Å²) in [5, 5.41) is 7.11. The largest absolute Gasteiger partial charge is 0.346 e. The van der Waals surface area contributed by atoms with E-state index >= 15 is 0 Å². The second kappa shape index (κ2) is 6.83. The summed E-state index contributed by atoms with van der Waals surface area (Å²) in [6, 6.07) is -0.140. The van der Waals surface area contributed by atoms with Crippen LogP contribution in [0.4, 0.5) is 0 Å². The molecule has 0 aliphatic heterocycles. The van der Waals surface area contributed by atoms with Gasteiger partial charge in [0.25, 0.3) is 0 Å². The summed E-state index contributed by atoms with van der Waals surface area (Å²) in [6.07, 6.45) is 8.18. The van der Waals surface area contributed by atoms with Gasteiger partial charge in [0.1, 0.15) is 12.2 Å². The number of nitrogens with one attached hydrogen (secondary N) is 1. The Morgan fingerprint density at radius 2 is 2.30 bits per heavy atom. The van der Waals surface area contributed by atoms with Gasteiger partial charge >= 0.3 is 0 Å². The number of imidazole rings is 1. The zero-order valence-corrected chi connectivity index (χ0v) is 11.9. The van der Waals surface area contributed by atoms with E-state index in [1.54, 1.807) is 12.5 Å². The smallest absolute Gasteiger partial charge is 0.222 e. The molecular formula is C13H20N6O. The van der Waals surface area contributed by atoms with Crippen LogP contribution >= 0.6 is 0 Å².